The zero-order chi connectivity index (χ0) is 13.9. The van der Waals surface area contributed by atoms with Crippen LogP contribution in [-0.2, 0) is 9.59 Å². The molecule has 1 saturated heterocycles. The number of benzene rings is 1. The van der Waals surface area contributed by atoms with Gasteiger partial charge in [-0.25, -0.2) is 0 Å². The maximum absolute atomic E-state index is 12.4. The maximum Gasteiger partial charge on any atom is 0.230 e. The van der Waals surface area contributed by atoms with E-state index in [2.05, 4.69) is 0 Å². The Bertz CT molecular complexity index is 473. The molecular weight excluding hydrogens is 250 g/mol. The van der Waals surface area contributed by atoms with Crippen molar-refractivity contribution in [1.82, 2.24) is 4.90 Å². The van der Waals surface area contributed by atoms with Crippen molar-refractivity contribution >= 4 is 11.8 Å². The topological polar surface area (TPSA) is 37.4 Å². The number of imide groups is 1. The number of hydrogen-bond acceptors (Lipinski definition) is 2. The lowest BCUT2D eigenvalue weighted by molar-refractivity contribution is -0.152. The van der Waals surface area contributed by atoms with E-state index in [9.17, 15) is 9.59 Å². The molecule has 0 unspecified atom stereocenters. The molecule has 0 aromatic heterocycles. The van der Waals surface area contributed by atoms with Crippen LogP contribution in [0.25, 0.3) is 0 Å². The van der Waals surface area contributed by atoms with Crippen molar-refractivity contribution in [2.24, 2.45) is 0 Å². The summed E-state index contributed by atoms with van der Waals surface area (Å²) in [5, 5.41) is 0. The van der Waals surface area contributed by atoms with Gasteiger partial charge in [0.2, 0.25) is 11.8 Å². The Kier molecular flexibility index (Phi) is 3.86. The molecule has 3 rings (SSSR count). The van der Waals surface area contributed by atoms with Crippen LogP contribution in [-0.4, -0.2) is 22.8 Å². The van der Waals surface area contributed by atoms with E-state index in [4.69, 9.17) is 0 Å². The Morgan fingerprint density at radius 2 is 1.45 bits per heavy atom. The van der Waals surface area contributed by atoms with Crippen LogP contribution in [0, 0.1) is 0 Å². The minimum atomic E-state index is 0.0296. The van der Waals surface area contributed by atoms with Gasteiger partial charge in [-0.3, -0.25) is 14.5 Å². The average molecular weight is 271 g/mol. The van der Waals surface area contributed by atoms with Crippen molar-refractivity contribution in [3.05, 3.63) is 35.9 Å². The van der Waals surface area contributed by atoms with Gasteiger partial charge in [-0.15, -0.1) is 0 Å². The summed E-state index contributed by atoms with van der Waals surface area (Å²) in [5.74, 6) is 0.125. The van der Waals surface area contributed by atoms with E-state index in [-0.39, 0.29) is 23.8 Å². The van der Waals surface area contributed by atoms with Crippen LogP contribution in [0.5, 0.6) is 0 Å². The Morgan fingerprint density at radius 1 is 0.850 bits per heavy atom. The fourth-order valence-electron chi connectivity index (χ4n) is 3.54. The molecule has 20 heavy (non-hydrogen) atoms. The van der Waals surface area contributed by atoms with E-state index in [1.807, 2.05) is 30.3 Å². The van der Waals surface area contributed by atoms with Crippen molar-refractivity contribution in [1.29, 1.82) is 0 Å². The highest BCUT2D eigenvalue weighted by Gasteiger charge is 2.37. The van der Waals surface area contributed by atoms with Crippen LogP contribution < -0.4 is 0 Å². The van der Waals surface area contributed by atoms with Crippen LogP contribution in [0.15, 0.2) is 30.3 Å². The molecule has 1 heterocycles. The lowest BCUT2D eigenvalue weighted by Crippen LogP contribution is -2.49. The van der Waals surface area contributed by atoms with Crippen molar-refractivity contribution in [3.8, 4) is 0 Å². The average Bonchev–Trinajstić information content (AvgIpc) is 2.48. The fraction of sp³-hybridized carbons (Fsp3) is 0.529. The predicted molar refractivity (Wildman–Crippen MR) is 77.1 cm³/mol. The van der Waals surface area contributed by atoms with Gasteiger partial charge in [-0.05, 0) is 18.4 Å². The van der Waals surface area contributed by atoms with Gasteiger partial charge in [-0.1, -0.05) is 49.6 Å². The van der Waals surface area contributed by atoms with Gasteiger partial charge in [0.1, 0.15) is 0 Å². The molecule has 0 radical (unpaired) electrons. The third kappa shape index (κ3) is 2.62. The molecule has 3 nitrogen and oxygen atoms in total. The van der Waals surface area contributed by atoms with Crippen molar-refractivity contribution < 1.29 is 9.59 Å². The molecule has 1 aromatic carbocycles. The molecule has 2 fully saturated rings. The molecule has 0 spiro atoms. The van der Waals surface area contributed by atoms with Gasteiger partial charge in [0.05, 0.1) is 0 Å². The van der Waals surface area contributed by atoms with Gasteiger partial charge in [0.25, 0.3) is 0 Å². The van der Waals surface area contributed by atoms with E-state index in [1.165, 1.54) is 6.42 Å². The highest BCUT2D eigenvalue weighted by molar-refractivity contribution is 5.99. The maximum atomic E-state index is 12.4. The zero-order valence-corrected chi connectivity index (χ0v) is 11.8. The first-order valence-corrected chi connectivity index (χ1v) is 7.65. The minimum absolute atomic E-state index is 0.0296. The van der Waals surface area contributed by atoms with Crippen LogP contribution in [0.3, 0.4) is 0 Å². The first-order chi connectivity index (χ1) is 9.75. The third-order valence-corrected chi connectivity index (χ3v) is 4.59. The summed E-state index contributed by atoms with van der Waals surface area (Å²) in [7, 11) is 0. The molecule has 106 valence electrons. The summed E-state index contributed by atoms with van der Waals surface area (Å²) in [6, 6.07) is 10.1. The van der Waals surface area contributed by atoms with E-state index in [0.29, 0.717) is 12.8 Å². The summed E-state index contributed by atoms with van der Waals surface area (Å²) in [5.41, 5.74) is 1.11. The van der Waals surface area contributed by atoms with Gasteiger partial charge in [-0.2, -0.15) is 0 Å². The summed E-state index contributed by atoms with van der Waals surface area (Å²) >= 11 is 0. The van der Waals surface area contributed by atoms with E-state index in [1.54, 1.807) is 4.90 Å². The number of likely N-dealkylation sites (tertiary alicyclic amines) is 1. The van der Waals surface area contributed by atoms with Crippen molar-refractivity contribution in [2.45, 2.75) is 56.9 Å². The second kappa shape index (κ2) is 5.78. The predicted octanol–water partition coefficient (Wildman–Crippen LogP) is 3.25. The van der Waals surface area contributed by atoms with Crippen LogP contribution in [0.4, 0.5) is 0 Å². The summed E-state index contributed by atoms with van der Waals surface area (Å²) < 4.78 is 0. The molecule has 1 aromatic rings. The van der Waals surface area contributed by atoms with Crippen LogP contribution in [0.2, 0.25) is 0 Å². The third-order valence-electron chi connectivity index (χ3n) is 4.59. The molecular formula is C17H21NO2. The van der Waals surface area contributed by atoms with Crippen LogP contribution in [0.1, 0.15) is 56.4 Å². The Morgan fingerprint density at radius 3 is 2.05 bits per heavy atom. The molecule has 3 heteroatoms. The van der Waals surface area contributed by atoms with Crippen LogP contribution >= 0.6 is 0 Å². The number of rotatable bonds is 2. The second-order valence-electron chi connectivity index (χ2n) is 5.97. The fourth-order valence-corrected chi connectivity index (χ4v) is 3.54. The first kappa shape index (κ1) is 13.3. The molecule has 2 amide bonds. The molecule has 2 aliphatic rings. The molecule has 1 aliphatic carbocycles. The van der Waals surface area contributed by atoms with E-state index in [0.717, 1.165) is 31.2 Å². The monoisotopic (exact) mass is 271 g/mol. The molecule has 1 saturated carbocycles. The largest absolute Gasteiger partial charge is 0.279 e. The minimum Gasteiger partial charge on any atom is -0.279 e. The molecule has 1 aliphatic heterocycles. The highest BCUT2D eigenvalue weighted by atomic mass is 16.2. The van der Waals surface area contributed by atoms with Crippen molar-refractivity contribution in [3.63, 3.8) is 0 Å². The number of hydrogen-bond donors (Lipinski definition) is 0. The lowest BCUT2D eigenvalue weighted by Gasteiger charge is -2.37. The Labute approximate surface area is 120 Å². The van der Waals surface area contributed by atoms with E-state index < -0.39 is 0 Å². The first-order valence-electron chi connectivity index (χ1n) is 7.65. The Hall–Kier alpha value is -1.64. The molecule has 0 atom stereocenters. The van der Waals surface area contributed by atoms with Gasteiger partial charge < -0.3 is 0 Å². The summed E-state index contributed by atoms with van der Waals surface area (Å²) in [6.07, 6.45) is 6.46. The zero-order valence-electron chi connectivity index (χ0n) is 11.8. The number of carbonyl (C=O) groups excluding carboxylic acids is 2. The summed E-state index contributed by atoms with van der Waals surface area (Å²) in [4.78, 5) is 26.4. The number of amides is 2. The van der Waals surface area contributed by atoms with Gasteiger partial charge >= 0.3 is 0 Å². The standard InChI is InChI=1S/C17H21NO2/c19-16-11-14(13-7-3-1-4-8-13)12-17(20)18(16)15-9-5-2-6-10-15/h1,3-4,7-8,14-15H,2,5-6,9-12H2. The SMILES string of the molecule is O=C1CC(c2ccccc2)CC(=O)N1C1CCCCC1. The second-order valence-corrected chi connectivity index (χ2v) is 5.97. The number of piperidine rings is 1. The summed E-state index contributed by atoms with van der Waals surface area (Å²) in [6.45, 7) is 0. The smallest absolute Gasteiger partial charge is 0.230 e. The van der Waals surface area contributed by atoms with Gasteiger partial charge in [0, 0.05) is 24.8 Å². The molecule has 0 N–H and O–H groups in total. The van der Waals surface area contributed by atoms with Gasteiger partial charge in [0.15, 0.2) is 0 Å². The van der Waals surface area contributed by atoms with Crippen molar-refractivity contribution in [2.75, 3.05) is 0 Å². The quantitative estimate of drug-likeness (QED) is 0.774. The normalized spacial score (nSPS) is 22.3. The Balaban J connectivity index is 1.73. The molecule has 0 bridgehead atoms. The number of nitrogens with zero attached hydrogens (tertiary/aromatic N) is 1. The van der Waals surface area contributed by atoms with E-state index >= 15 is 0 Å². The highest BCUT2D eigenvalue weighted by Crippen LogP contribution is 2.33. The lowest BCUT2D eigenvalue weighted by atomic mass is 9.86. The number of carbonyl (C=O) groups is 2.